The molecule has 24 heavy (non-hydrogen) atoms. The van der Waals surface area contributed by atoms with Crippen LogP contribution in [0.4, 0.5) is 9.18 Å². The van der Waals surface area contributed by atoms with Crippen molar-refractivity contribution in [1.29, 1.82) is 0 Å². The molecule has 2 aliphatic heterocycles. The number of rotatable bonds is 4. The van der Waals surface area contributed by atoms with E-state index in [9.17, 15) is 9.18 Å². The van der Waals surface area contributed by atoms with Gasteiger partial charge in [-0.2, -0.15) is 0 Å². The van der Waals surface area contributed by atoms with Crippen LogP contribution in [0.3, 0.4) is 0 Å². The van der Waals surface area contributed by atoms with Crippen molar-refractivity contribution < 1.29 is 13.9 Å². The molecule has 6 heteroatoms. The summed E-state index contributed by atoms with van der Waals surface area (Å²) in [7, 11) is 0. The Hall–Kier alpha value is -1.82. The Kier molecular flexibility index (Phi) is 4.08. The second kappa shape index (κ2) is 6.24. The molecule has 3 N–H and O–H groups in total. The fourth-order valence-corrected chi connectivity index (χ4v) is 3.91. The van der Waals surface area contributed by atoms with Gasteiger partial charge in [0.25, 0.3) is 0 Å². The molecule has 130 valence electrons. The van der Waals surface area contributed by atoms with Gasteiger partial charge in [-0.1, -0.05) is 6.07 Å². The third-order valence-corrected chi connectivity index (χ3v) is 5.51. The predicted octanol–water partition coefficient (Wildman–Crippen LogP) is 2.13. The Bertz CT molecular complexity index is 627. The number of carbonyl (C=O) groups excluding carboxylic acids is 1. The number of hydrogen-bond acceptors (Lipinski definition) is 3. The molecule has 3 aliphatic rings. The summed E-state index contributed by atoms with van der Waals surface area (Å²) in [5.41, 5.74) is 0.703. The number of benzene rings is 1. The van der Waals surface area contributed by atoms with Gasteiger partial charge in [-0.25, -0.2) is 9.18 Å². The Morgan fingerprint density at radius 1 is 1.25 bits per heavy atom. The number of nitrogens with one attached hydrogen (secondary N) is 3. The molecule has 2 saturated heterocycles. The number of piperidine rings is 1. The van der Waals surface area contributed by atoms with Gasteiger partial charge in [-0.05, 0) is 50.8 Å². The van der Waals surface area contributed by atoms with Crippen molar-refractivity contribution in [3.63, 3.8) is 0 Å². The zero-order valence-electron chi connectivity index (χ0n) is 13.7. The molecular formula is C18H24FN3O2. The van der Waals surface area contributed by atoms with Crippen molar-refractivity contribution in [2.24, 2.45) is 5.92 Å². The van der Waals surface area contributed by atoms with Gasteiger partial charge in [0, 0.05) is 24.1 Å². The number of hydrogen-bond donors (Lipinski definition) is 3. The summed E-state index contributed by atoms with van der Waals surface area (Å²) in [5.74, 6) is 1.03. The molecule has 1 aromatic carbocycles. The van der Waals surface area contributed by atoms with E-state index in [1.807, 2.05) is 6.07 Å². The third kappa shape index (κ3) is 3.07. The average Bonchev–Trinajstić information content (AvgIpc) is 3.39. The van der Waals surface area contributed by atoms with Crippen molar-refractivity contribution in [3.05, 3.63) is 29.6 Å². The lowest BCUT2D eigenvalue weighted by Gasteiger charge is -2.47. The standard InChI is InChI=1S/C18H24FN3O2/c19-13-3-4-14(16(9-13)24-11-12-1-2-12)15-10-21-17(23)22-18(15)5-7-20-8-6-18/h3-4,9,12,15,20H,1-2,5-8,10-11H2,(H2,21,22,23). The van der Waals surface area contributed by atoms with Gasteiger partial charge in [-0.3, -0.25) is 0 Å². The highest BCUT2D eigenvalue weighted by molar-refractivity contribution is 5.76. The molecule has 1 aliphatic carbocycles. The van der Waals surface area contributed by atoms with Crippen LogP contribution in [-0.4, -0.2) is 37.8 Å². The van der Waals surface area contributed by atoms with E-state index in [4.69, 9.17) is 4.74 Å². The fourth-order valence-electron chi connectivity index (χ4n) is 3.91. The first-order valence-electron chi connectivity index (χ1n) is 8.85. The molecule has 1 aromatic rings. The van der Waals surface area contributed by atoms with Gasteiger partial charge in [-0.15, -0.1) is 0 Å². The second-order valence-corrected chi connectivity index (χ2v) is 7.23. The molecule has 1 spiro atoms. The van der Waals surface area contributed by atoms with E-state index in [-0.39, 0.29) is 23.3 Å². The molecule has 1 unspecified atom stereocenters. The summed E-state index contributed by atoms with van der Waals surface area (Å²) in [6.07, 6.45) is 4.12. The molecule has 1 saturated carbocycles. The largest absolute Gasteiger partial charge is 0.493 e. The molecular weight excluding hydrogens is 309 g/mol. The first-order valence-corrected chi connectivity index (χ1v) is 8.85. The third-order valence-electron chi connectivity index (χ3n) is 5.51. The summed E-state index contributed by atoms with van der Waals surface area (Å²) in [6, 6.07) is 4.69. The van der Waals surface area contributed by atoms with Gasteiger partial charge < -0.3 is 20.7 Å². The SMILES string of the molecule is O=C1NCC(c2ccc(F)cc2OCC2CC2)C2(CCNCC2)N1. The number of halogens is 1. The molecule has 2 amide bonds. The fraction of sp³-hybridized carbons (Fsp3) is 0.611. The Labute approximate surface area is 141 Å². The summed E-state index contributed by atoms with van der Waals surface area (Å²) in [4.78, 5) is 11.9. The van der Waals surface area contributed by atoms with Crippen LogP contribution >= 0.6 is 0 Å². The second-order valence-electron chi connectivity index (χ2n) is 7.23. The highest BCUT2D eigenvalue weighted by Gasteiger charge is 2.45. The van der Waals surface area contributed by atoms with Crippen molar-refractivity contribution in [2.45, 2.75) is 37.1 Å². The zero-order valence-corrected chi connectivity index (χ0v) is 13.7. The lowest BCUT2D eigenvalue weighted by molar-refractivity contribution is 0.161. The number of urea groups is 1. The van der Waals surface area contributed by atoms with Crippen molar-refractivity contribution in [2.75, 3.05) is 26.2 Å². The van der Waals surface area contributed by atoms with Crippen molar-refractivity contribution in [3.8, 4) is 5.75 Å². The van der Waals surface area contributed by atoms with Crippen LogP contribution in [0.25, 0.3) is 0 Å². The summed E-state index contributed by atoms with van der Waals surface area (Å²) < 4.78 is 19.7. The molecule has 0 bridgehead atoms. The van der Waals surface area contributed by atoms with Gasteiger partial charge in [0.15, 0.2) is 0 Å². The summed E-state index contributed by atoms with van der Waals surface area (Å²) >= 11 is 0. The van der Waals surface area contributed by atoms with Crippen LogP contribution in [-0.2, 0) is 0 Å². The zero-order chi connectivity index (χ0) is 16.6. The monoisotopic (exact) mass is 333 g/mol. The maximum absolute atomic E-state index is 13.8. The van der Waals surface area contributed by atoms with E-state index in [0.717, 1.165) is 31.5 Å². The maximum atomic E-state index is 13.8. The van der Waals surface area contributed by atoms with Crippen LogP contribution in [0.5, 0.6) is 5.75 Å². The van der Waals surface area contributed by atoms with Crippen LogP contribution in [0.2, 0.25) is 0 Å². The topological polar surface area (TPSA) is 62.4 Å². The van der Waals surface area contributed by atoms with Crippen molar-refractivity contribution in [1.82, 2.24) is 16.0 Å². The molecule has 4 rings (SSSR count). The van der Waals surface area contributed by atoms with Crippen LogP contribution in [0.1, 0.15) is 37.2 Å². The molecule has 1 atom stereocenters. The first kappa shape index (κ1) is 15.7. The normalized spacial score (nSPS) is 25.9. The minimum absolute atomic E-state index is 0.0760. The Morgan fingerprint density at radius 2 is 2.04 bits per heavy atom. The highest BCUT2D eigenvalue weighted by Crippen LogP contribution is 2.41. The highest BCUT2D eigenvalue weighted by atomic mass is 19.1. The van der Waals surface area contributed by atoms with E-state index in [2.05, 4.69) is 16.0 Å². The minimum atomic E-state index is -0.289. The van der Waals surface area contributed by atoms with Crippen LogP contribution < -0.4 is 20.7 Å². The number of carbonyl (C=O) groups is 1. The minimum Gasteiger partial charge on any atom is -0.493 e. The van der Waals surface area contributed by atoms with Crippen molar-refractivity contribution >= 4 is 6.03 Å². The summed E-state index contributed by atoms with van der Waals surface area (Å²) in [6.45, 7) is 2.95. The van der Waals surface area contributed by atoms with E-state index in [1.165, 1.54) is 25.0 Å². The van der Waals surface area contributed by atoms with Gasteiger partial charge in [0.2, 0.25) is 0 Å². The Morgan fingerprint density at radius 3 is 2.79 bits per heavy atom. The first-order chi connectivity index (χ1) is 11.7. The van der Waals surface area contributed by atoms with Crippen LogP contribution in [0, 0.1) is 11.7 Å². The van der Waals surface area contributed by atoms with Gasteiger partial charge >= 0.3 is 6.03 Å². The predicted molar refractivity (Wildman–Crippen MR) is 88.7 cm³/mol. The maximum Gasteiger partial charge on any atom is 0.315 e. The molecule has 5 nitrogen and oxygen atoms in total. The van der Waals surface area contributed by atoms with E-state index in [1.54, 1.807) is 0 Å². The number of ether oxygens (including phenoxy) is 1. The van der Waals surface area contributed by atoms with Gasteiger partial charge in [0.1, 0.15) is 11.6 Å². The van der Waals surface area contributed by atoms with E-state index in [0.29, 0.717) is 24.8 Å². The smallest absolute Gasteiger partial charge is 0.315 e. The molecule has 3 fully saturated rings. The van der Waals surface area contributed by atoms with Gasteiger partial charge in [0.05, 0.1) is 12.1 Å². The summed E-state index contributed by atoms with van der Waals surface area (Å²) in [5, 5.41) is 9.41. The molecule has 0 radical (unpaired) electrons. The van der Waals surface area contributed by atoms with Crippen LogP contribution in [0.15, 0.2) is 18.2 Å². The number of amides is 2. The molecule has 2 heterocycles. The lowest BCUT2D eigenvalue weighted by atomic mass is 9.72. The average molecular weight is 333 g/mol. The lowest BCUT2D eigenvalue weighted by Crippen LogP contribution is -2.65. The quantitative estimate of drug-likeness (QED) is 0.791. The molecule has 0 aromatic heterocycles. The Balaban J connectivity index is 1.65. The van der Waals surface area contributed by atoms with E-state index >= 15 is 0 Å². The van der Waals surface area contributed by atoms with E-state index < -0.39 is 0 Å².